The second-order valence-corrected chi connectivity index (χ2v) is 8.79. The van der Waals surface area contributed by atoms with E-state index >= 15 is 0 Å². The second kappa shape index (κ2) is 8.35. The van der Waals surface area contributed by atoms with Crippen LogP contribution in [0.1, 0.15) is 30.9 Å². The summed E-state index contributed by atoms with van der Waals surface area (Å²) in [7, 11) is 1.62. The van der Waals surface area contributed by atoms with E-state index in [-0.39, 0.29) is 30.2 Å². The van der Waals surface area contributed by atoms with E-state index in [1.807, 2.05) is 47.4 Å². The molecule has 5 rings (SSSR count). The lowest BCUT2D eigenvalue weighted by Gasteiger charge is -2.43. The van der Waals surface area contributed by atoms with Gasteiger partial charge in [-0.05, 0) is 42.7 Å². The van der Waals surface area contributed by atoms with Gasteiger partial charge < -0.3 is 14.5 Å². The van der Waals surface area contributed by atoms with E-state index in [4.69, 9.17) is 4.74 Å². The number of carbonyl (C=O) groups excluding carboxylic acids is 2. The molecule has 0 N–H and O–H groups in total. The van der Waals surface area contributed by atoms with Gasteiger partial charge >= 0.3 is 0 Å². The monoisotopic (exact) mass is 419 g/mol. The van der Waals surface area contributed by atoms with Crippen molar-refractivity contribution in [3.8, 4) is 5.75 Å². The largest absolute Gasteiger partial charge is 0.497 e. The quantitative estimate of drug-likeness (QED) is 0.747. The maximum atomic E-state index is 13.6. The lowest BCUT2D eigenvalue weighted by atomic mass is 9.98. The number of methoxy groups -OCH3 is 1. The Morgan fingerprint density at radius 3 is 2.39 bits per heavy atom. The predicted molar refractivity (Wildman–Crippen MR) is 119 cm³/mol. The molecule has 0 radical (unpaired) electrons. The van der Waals surface area contributed by atoms with Crippen LogP contribution in [0.5, 0.6) is 5.75 Å². The van der Waals surface area contributed by atoms with E-state index in [9.17, 15) is 9.59 Å². The van der Waals surface area contributed by atoms with Crippen LogP contribution in [-0.4, -0.2) is 60.9 Å². The van der Waals surface area contributed by atoms with Gasteiger partial charge in [-0.3, -0.25) is 14.5 Å². The average Bonchev–Trinajstić information content (AvgIpc) is 3.60. The van der Waals surface area contributed by atoms with Gasteiger partial charge in [-0.2, -0.15) is 0 Å². The van der Waals surface area contributed by atoms with Crippen LogP contribution in [0.15, 0.2) is 54.6 Å². The first-order valence-electron chi connectivity index (χ1n) is 11.2. The standard InChI is InChI=1S/C25H29N3O3/c1-31-22-11-9-21(10-12-22)28-16-19(15-24(28)29)25(30)27-14-13-26(20-7-8-20)17-23(27)18-5-3-2-4-6-18/h2-6,9-12,19-20,23H,7-8,13-17H2,1H3. The second-order valence-electron chi connectivity index (χ2n) is 8.79. The number of hydrogen-bond donors (Lipinski definition) is 0. The number of rotatable bonds is 5. The van der Waals surface area contributed by atoms with E-state index < -0.39 is 0 Å². The first-order chi connectivity index (χ1) is 15.1. The number of carbonyl (C=O) groups is 2. The first kappa shape index (κ1) is 20.1. The molecule has 2 unspecified atom stereocenters. The summed E-state index contributed by atoms with van der Waals surface area (Å²) in [6, 6.07) is 18.5. The molecule has 2 atom stereocenters. The van der Waals surface area contributed by atoms with Crippen LogP contribution in [0.25, 0.3) is 0 Å². The van der Waals surface area contributed by atoms with Crippen molar-refractivity contribution in [1.29, 1.82) is 0 Å². The van der Waals surface area contributed by atoms with Crippen LogP contribution < -0.4 is 9.64 Å². The summed E-state index contributed by atoms with van der Waals surface area (Å²) in [6.45, 7) is 2.96. The van der Waals surface area contributed by atoms with Gasteiger partial charge in [0, 0.05) is 44.3 Å². The Kier molecular flexibility index (Phi) is 5.40. The van der Waals surface area contributed by atoms with Crippen LogP contribution in [-0.2, 0) is 9.59 Å². The molecule has 6 nitrogen and oxygen atoms in total. The van der Waals surface area contributed by atoms with Gasteiger partial charge in [0.2, 0.25) is 11.8 Å². The number of amides is 2. The molecule has 0 spiro atoms. The molecule has 2 aromatic rings. The van der Waals surface area contributed by atoms with Crippen LogP contribution in [0.4, 0.5) is 5.69 Å². The van der Waals surface area contributed by atoms with E-state index in [1.54, 1.807) is 12.0 Å². The number of benzene rings is 2. The van der Waals surface area contributed by atoms with E-state index in [1.165, 1.54) is 18.4 Å². The van der Waals surface area contributed by atoms with Gasteiger partial charge in [0.05, 0.1) is 19.1 Å². The summed E-state index contributed by atoms with van der Waals surface area (Å²) in [5.74, 6) is 0.570. The Bertz CT molecular complexity index is 942. The predicted octanol–water partition coefficient (Wildman–Crippen LogP) is 3.10. The fraction of sp³-hybridized carbons (Fsp3) is 0.440. The maximum Gasteiger partial charge on any atom is 0.228 e. The highest BCUT2D eigenvalue weighted by Gasteiger charge is 2.42. The zero-order valence-electron chi connectivity index (χ0n) is 17.9. The van der Waals surface area contributed by atoms with E-state index in [0.717, 1.165) is 31.1 Å². The van der Waals surface area contributed by atoms with Crippen molar-refractivity contribution >= 4 is 17.5 Å². The highest BCUT2D eigenvalue weighted by molar-refractivity contribution is 6.00. The normalized spacial score (nSPS) is 24.5. The van der Waals surface area contributed by atoms with Gasteiger partial charge in [-0.1, -0.05) is 30.3 Å². The van der Waals surface area contributed by atoms with Crippen molar-refractivity contribution < 1.29 is 14.3 Å². The molecule has 2 saturated heterocycles. The lowest BCUT2D eigenvalue weighted by molar-refractivity contribution is -0.141. The molecule has 3 aliphatic rings. The van der Waals surface area contributed by atoms with Crippen molar-refractivity contribution in [2.75, 3.05) is 38.2 Å². The fourth-order valence-corrected chi connectivity index (χ4v) is 4.92. The maximum absolute atomic E-state index is 13.6. The fourth-order valence-electron chi connectivity index (χ4n) is 4.92. The van der Waals surface area contributed by atoms with Crippen molar-refractivity contribution in [3.63, 3.8) is 0 Å². The zero-order chi connectivity index (χ0) is 21.4. The minimum Gasteiger partial charge on any atom is -0.497 e. The van der Waals surface area contributed by atoms with Gasteiger partial charge in [0.1, 0.15) is 5.75 Å². The Morgan fingerprint density at radius 2 is 1.71 bits per heavy atom. The number of hydrogen-bond acceptors (Lipinski definition) is 4. The third kappa shape index (κ3) is 4.04. The molecule has 0 aromatic heterocycles. The molecular formula is C25H29N3O3. The molecule has 2 amide bonds. The Hall–Kier alpha value is -2.86. The highest BCUT2D eigenvalue weighted by atomic mass is 16.5. The zero-order valence-corrected chi connectivity index (χ0v) is 17.9. The summed E-state index contributed by atoms with van der Waals surface area (Å²) < 4.78 is 5.21. The minimum atomic E-state index is -0.298. The van der Waals surface area contributed by atoms with Crippen molar-refractivity contribution in [3.05, 3.63) is 60.2 Å². The Morgan fingerprint density at radius 1 is 0.968 bits per heavy atom. The van der Waals surface area contributed by atoms with E-state index in [2.05, 4.69) is 17.0 Å². The van der Waals surface area contributed by atoms with Gasteiger partial charge in [-0.25, -0.2) is 0 Å². The molecule has 162 valence electrons. The van der Waals surface area contributed by atoms with Crippen molar-refractivity contribution in [1.82, 2.24) is 9.80 Å². The van der Waals surface area contributed by atoms with Crippen LogP contribution in [0, 0.1) is 5.92 Å². The number of piperazine rings is 1. The molecule has 0 bridgehead atoms. The molecule has 2 heterocycles. The van der Waals surface area contributed by atoms with Crippen LogP contribution in [0.2, 0.25) is 0 Å². The first-order valence-corrected chi connectivity index (χ1v) is 11.2. The van der Waals surface area contributed by atoms with E-state index in [0.29, 0.717) is 12.6 Å². The smallest absolute Gasteiger partial charge is 0.228 e. The topological polar surface area (TPSA) is 53.1 Å². The summed E-state index contributed by atoms with van der Waals surface area (Å²) in [4.78, 5) is 32.7. The number of anilines is 1. The van der Waals surface area contributed by atoms with Crippen LogP contribution >= 0.6 is 0 Å². The van der Waals surface area contributed by atoms with Gasteiger partial charge in [0.25, 0.3) is 0 Å². The summed E-state index contributed by atoms with van der Waals surface area (Å²) in [6.07, 6.45) is 2.81. The van der Waals surface area contributed by atoms with Gasteiger partial charge in [0.15, 0.2) is 0 Å². The third-order valence-electron chi connectivity index (χ3n) is 6.80. The molecule has 3 fully saturated rings. The molecular weight excluding hydrogens is 390 g/mol. The third-order valence-corrected chi connectivity index (χ3v) is 6.80. The average molecular weight is 420 g/mol. The molecule has 1 saturated carbocycles. The Labute approximate surface area is 183 Å². The summed E-state index contributed by atoms with van der Waals surface area (Å²) in [5, 5.41) is 0. The summed E-state index contributed by atoms with van der Waals surface area (Å²) in [5.41, 5.74) is 2.00. The molecule has 2 aromatic carbocycles. The molecule has 2 aliphatic heterocycles. The number of ether oxygens (including phenoxy) is 1. The number of nitrogens with zero attached hydrogens (tertiary/aromatic N) is 3. The SMILES string of the molecule is COc1ccc(N2CC(C(=O)N3CCN(C4CC4)CC3c3ccccc3)CC2=O)cc1. The Balaban J connectivity index is 1.33. The molecule has 6 heteroatoms. The van der Waals surface area contributed by atoms with Crippen molar-refractivity contribution in [2.45, 2.75) is 31.3 Å². The van der Waals surface area contributed by atoms with Crippen molar-refractivity contribution in [2.24, 2.45) is 5.92 Å². The summed E-state index contributed by atoms with van der Waals surface area (Å²) >= 11 is 0. The van der Waals surface area contributed by atoms with Gasteiger partial charge in [-0.15, -0.1) is 0 Å². The lowest BCUT2D eigenvalue weighted by Crippen LogP contribution is -2.52. The van der Waals surface area contributed by atoms with Crippen LogP contribution in [0.3, 0.4) is 0 Å². The minimum absolute atomic E-state index is 0.0106. The highest BCUT2D eigenvalue weighted by Crippen LogP contribution is 2.35. The molecule has 1 aliphatic carbocycles. The molecule has 31 heavy (non-hydrogen) atoms.